The summed E-state index contributed by atoms with van der Waals surface area (Å²) in [5.41, 5.74) is 1.18. The number of rotatable bonds is 2. The Morgan fingerprint density at radius 3 is 2.89 bits per heavy atom. The number of benzene rings is 1. The van der Waals surface area contributed by atoms with E-state index in [0.717, 1.165) is 0 Å². The molecular formula is C20H16N2O6. The van der Waals surface area contributed by atoms with Crippen LogP contribution in [-0.4, -0.2) is 35.7 Å². The van der Waals surface area contributed by atoms with E-state index in [2.05, 4.69) is 4.98 Å². The number of aromatic nitrogens is 2. The highest BCUT2D eigenvalue weighted by molar-refractivity contribution is 5.77. The highest BCUT2D eigenvalue weighted by Crippen LogP contribution is 2.45. The minimum atomic E-state index is -0.530. The summed E-state index contributed by atoms with van der Waals surface area (Å²) in [4.78, 5) is 29.8. The van der Waals surface area contributed by atoms with Crippen molar-refractivity contribution in [2.75, 3.05) is 20.3 Å². The maximum atomic E-state index is 13.2. The molecule has 0 saturated carbocycles. The monoisotopic (exact) mass is 380 g/mol. The second-order valence-corrected chi connectivity index (χ2v) is 6.54. The number of pyridine rings is 1. The Morgan fingerprint density at radius 1 is 1.18 bits per heavy atom. The molecule has 2 aliphatic heterocycles. The van der Waals surface area contributed by atoms with Crippen molar-refractivity contribution >= 4 is 11.6 Å². The molecule has 142 valence electrons. The van der Waals surface area contributed by atoms with Gasteiger partial charge in [0.15, 0.2) is 11.5 Å². The molecule has 28 heavy (non-hydrogen) atoms. The normalized spacial score (nSPS) is 17.8. The quantitative estimate of drug-likeness (QED) is 0.628. The van der Waals surface area contributed by atoms with Crippen molar-refractivity contribution in [3.63, 3.8) is 0 Å². The molecule has 8 heteroatoms. The summed E-state index contributed by atoms with van der Waals surface area (Å²) in [6, 6.07) is 8.75. The van der Waals surface area contributed by atoms with Gasteiger partial charge in [-0.1, -0.05) is 6.07 Å². The maximum Gasteiger partial charge on any atom is 0.313 e. The first kappa shape index (κ1) is 16.6. The van der Waals surface area contributed by atoms with Gasteiger partial charge in [-0.05, 0) is 29.8 Å². The second-order valence-electron chi connectivity index (χ2n) is 6.54. The van der Waals surface area contributed by atoms with Crippen molar-refractivity contribution in [1.29, 1.82) is 0 Å². The highest BCUT2D eigenvalue weighted by Gasteiger charge is 2.34. The fourth-order valence-corrected chi connectivity index (χ4v) is 3.66. The van der Waals surface area contributed by atoms with Gasteiger partial charge in [0, 0.05) is 12.1 Å². The smallest absolute Gasteiger partial charge is 0.313 e. The Balaban J connectivity index is 1.73. The number of hydrogen-bond donors (Lipinski definition) is 0. The molecule has 2 aromatic heterocycles. The number of carbonyl (C=O) groups is 1. The first-order chi connectivity index (χ1) is 13.7. The number of hydrogen-bond acceptors (Lipinski definition) is 7. The lowest BCUT2D eigenvalue weighted by Gasteiger charge is -2.26. The van der Waals surface area contributed by atoms with Crippen LogP contribution in [0.4, 0.5) is 0 Å². The van der Waals surface area contributed by atoms with Crippen LogP contribution in [0.15, 0.2) is 41.3 Å². The molecule has 0 N–H and O–H groups in total. The summed E-state index contributed by atoms with van der Waals surface area (Å²) in [7, 11) is 1.53. The third-order valence-electron chi connectivity index (χ3n) is 4.92. The molecule has 1 unspecified atom stereocenters. The molecule has 0 spiro atoms. The molecule has 5 rings (SSSR count). The first-order valence-electron chi connectivity index (χ1n) is 8.85. The van der Waals surface area contributed by atoms with Gasteiger partial charge in [-0.15, -0.1) is 0 Å². The lowest BCUT2D eigenvalue weighted by molar-refractivity contribution is -0.135. The SMILES string of the molecule is COc1cc(C2CC(=O)Oc3nc4ccccn4c(=O)c32)cc2c1OCCO2. The summed E-state index contributed by atoms with van der Waals surface area (Å²) in [5.74, 6) is 0.601. The zero-order chi connectivity index (χ0) is 19.3. The van der Waals surface area contributed by atoms with E-state index in [0.29, 0.717) is 47.2 Å². The van der Waals surface area contributed by atoms with Gasteiger partial charge in [0.25, 0.3) is 5.56 Å². The Morgan fingerprint density at radius 2 is 2.04 bits per heavy atom. The second kappa shape index (κ2) is 6.26. The molecule has 4 heterocycles. The predicted molar refractivity (Wildman–Crippen MR) is 97.5 cm³/mol. The number of nitrogens with zero attached hydrogens (tertiary/aromatic N) is 2. The van der Waals surface area contributed by atoms with E-state index in [1.54, 1.807) is 36.5 Å². The molecule has 1 aromatic carbocycles. The first-order valence-corrected chi connectivity index (χ1v) is 8.85. The number of methoxy groups -OCH3 is 1. The summed E-state index contributed by atoms with van der Waals surface area (Å²) < 4.78 is 23.5. The van der Waals surface area contributed by atoms with Crippen LogP contribution in [0.1, 0.15) is 23.5 Å². The molecule has 1 atom stereocenters. The lowest BCUT2D eigenvalue weighted by Crippen LogP contribution is -2.31. The fraction of sp³-hybridized carbons (Fsp3) is 0.250. The maximum absolute atomic E-state index is 13.2. The highest BCUT2D eigenvalue weighted by atomic mass is 16.6. The molecule has 0 radical (unpaired) electrons. The predicted octanol–water partition coefficient (Wildman–Crippen LogP) is 1.92. The lowest BCUT2D eigenvalue weighted by atomic mass is 9.87. The molecule has 3 aromatic rings. The Labute approximate surface area is 159 Å². The average Bonchev–Trinajstić information content (AvgIpc) is 2.72. The summed E-state index contributed by atoms with van der Waals surface area (Å²) >= 11 is 0. The molecule has 8 nitrogen and oxygen atoms in total. The number of esters is 1. The Kier molecular flexibility index (Phi) is 3.71. The van der Waals surface area contributed by atoms with Gasteiger partial charge in [0.2, 0.25) is 11.6 Å². The minimum absolute atomic E-state index is 0.0195. The van der Waals surface area contributed by atoms with Crippen molar-refractivity contribution in [1.82, 2.24) is 9.38 Å². The van der Waals surface area contributed by atoms with Crippen LogP contribution in [0.2, 0.25) is 0 Å². The van der Waals surface area contributed by atoms with Crippen molar-refractivity contribution in [3.05, 3.63) is 58.0 Å². The Hall–Kier alpha value is -3.55. The van der Waals surface area contributed by atoms with Gasteiger partial charge in [-0.3, -0.25) is 14.0 Å². The van der Waals surface area contributed by atoms with Crippen LogP contribution in [0, 0.1) is 0 Å². The molecule has 0 bridgehead atoms. The zero-order valence-electron chi connectivity index (χ0n) is 15.0. The van der Waals surface area contributed by atoms with Crippen LogP contribution in [-0.2, 0) is 4.79 Å². The summed E-state index contributed by atoms with van der Waals surface area (Å²) in [6.45, 7) is 0.844. The minimum Gasteiger partial charge on any atom is -0.493 e. The van der Waals surface area contributed by atoms with Crippen molar-refractivity contribution in [2.24, 2.45) is 0 Å². The molecule has 0 fully saturated rings. The van der Waals surface area contributed by atoms with Gasteiger partial charge >= 0.3 is 5.97 Å². The van der Waals surface area contributed by atoms with Gasteiger partial charge in [0.1, 0.15) is 18.9 Å². The molecule has 0 amide bonds. The third kappa shape index (κ3) is 2.49. The van der Waals surface area contributed by atoms with Gasteiger partial charge in [0.05, 0.1) is 19.1 Å². The molecule has 0 aliphatic carbocycles. The van der Waals surface area contributed by atoms with Crippen LogP contribution >= 0.6 is 0 Å². The largest absolute Gasteiger partial charge is 0.493 e. The van der Waals surface area contributed by atoms with E-state index in [-0.39, 0.29) is 17.9 Å². The summed E-state index contributed by atoms with van der Waals surface area (Å²) in [5, 5.41) is 0. The number of carbonyl (C=O) groups excluding carboxylic acids is 1. The average molecular weight is 380 g/mol. The molecule has 0 saturated heterocycles. The molecular weight excluding hydrogens is 364 g/mol. The van der Waals surface area contributed by atoms with E-state index < -0.39 is 11.9 Å². The fourth-order valence-electron chi connectivity index (χ4n) is 3.66. The van der Waals surface area contributed by atoms with Gasteiger partial charge in [-0.25, -0.2) is 0 Å². The van der Waals surface area contributed by atoms with Crippen LogP contribution in [0.3, 0.4) is 0 Å². The van der Waals surface area contributed by atoms with Crippen LogP contribution < -0.4 is 24.5 Å². The van der Waals surface area contributed by atoms with Crippen molar-refractivity contribution in [3.8, 4) is 23.1 Å². The number of fused-ring (bicyclic) bond motifs is 3. The zero-order valence-corrected chi connectivity index (χ0v) is 15.0. The van der Waals surface area contributed by atoms with Crippen LogP contribution in [0.25, 0.3) is 5.65 Å². The van der Waals surface area contributed by atoms with E-state index in [4.69, 9.17) is 18.9 Å². The van der Waals surface area contributed by atoms with Gasteiger partial charge < -0.3 is 18.9 Å². The van der Waals surface area contributed by atoms with Gasteiger partial charge in [-0.2, -0.15) is 4.98 Å². The standard InChI is InChI=1S/C20H16N2O6/c1-25-13-8-11(9-14-18(13)27-7-6-26-14)12-10-16(23)28-19-17(12)20(24)22-5-3-2-4-15(22)21-19/h2-5,8-9,12H,6-7,10H2,1H3. The summed E-state index contributed by atoms with van der Waals surface area (Å²) in [6.07, 6.45) is 1.66. The number of ether oxygens (including phenoxy) is 4. The van der Waals surface area contributed by atoms with Crippen molar-refractivity contribution < 1.29 is 23.7 Å². The Bertz CT molecular complexity index is 1150. The van der Waals surface area contributed by atoms with E-state index in [1.807, 2.05) is 0 Å². The van der Waals surface area contributed by atoms with E-state index >= 15 is 0 Å². The topological polar surface area (TPSA) is 88.4 Å². The molecule has 2 aliphatic rings. The van der Waals surface area contributed by atoms with Crippen molar-refractivity contribution in [2.45, 2.75) is 12.3 Å². The third-order valence-corrected chi connectivity index (χ3v) is 4.92. The van der Waals surface area contributed by atoms with E-state index in [9.17, 15) is 9.59 Å². The van der Waals surface area contributed by atoms with E-state index in [1.165, 1.54) is 11.5 Å². The van der Waals surface area contributed by atoms with Crippen LogP contribution in [0.5, 0.6) is 23.1 Å².